The zero-order valence-corrected chi connectivity index (χ0v) is 20.0. The van der Waals surface area contributed by atoms with E-state index in [1.54, 1.807) is 74.5 Å². The molecule has 2 amide bonds. The number of amides is 2. The molecule has 9 heteroatoms. The van der Waals surface area contributed by atoms with Crippen molar-refractivity contribution in [2.45, 2.75) is 19.9 Å². The Morgan fingerprint density at radius 2 is 1.18 bits per heavy atom. The van der Waals surface area contributed by atoms with Crippen LogP contribution in [0.4, 0.5) is 0 Å². The van der Waals surface area contributed by atoms with Gasteiger partial charge in [0.1, 0.15) is 6.04 Å². The summed E-state index contributed by atoms with van der Waals surface area (Å²) in [5.41, 5.74) is 0.984. The van der Waals surface area contributed by atoms with Crippen molar-refractivity contribution in [3.05, 3.63) is 71.8 Å². The first-order chi connectivity index (χ1) is 15.8. The van der Waals surface area contributed by atoms with E-state index in [-0.39, 0.29) is 40.0 Å². The third-order valence-corrected chi connectivity index (χ3v) is 6.25. The standard InChI is InChI=1S/C24H26N2O5S2/c1-16(2)22(29)19(26-21(28)15-33-24(31)18-11-7-4-8-12-18)13-25-20(27)14-32-23(30)17-9-5-3-6-10-17/h3-12,16,19H,13-15H2,1-2H3,(H,25,27)(H,26,28). The first-order valence-corrected chi connectivity index (χ1v) is 12.3. The summed E-state index contributed by atoms with van der Waals surface area (Å²) in [7, 11) is 0. The number of benzene rings is 2. The smallest absolute Gasteiger partial charge is 0.231 e. The molecule has 7 nitrogen and oxygen atoms in total. The summed E-state index contributed by atoms with van der Waals surface area (Å²) in [5.74, 6) is -1.76. The van der Waals surface area contributed by atoms with Gasteiger partial charge in [0, 0.05) is 23.6 Å². The molecule has 0 aliphatic carbocycles. The predicted molar refractivity (Wildman–Crippen MR) is 131 cm³/mol. The van der Waals surface area contributed by atoms with Crippen LogP contribution in [0.5, 0.6) is 0 Å². The van der Waals surface area contributed by atoms with Crippen LogP contribution in [0.15, 0.2) is 60.7 Å². The first-order valence-electron chi connectivity index (χ1n) is 10.3. The van der Waals surface area contributed by atoms with E-state index >= 15 is 0 Å². The van der Waals surface area contributed by atoms with Gasteiger partial charge in [-0.2, -0.15) is 0 Å². The lowest BCUT2D eigenvalue weighted by atomic mass is 10.0. The van der Waals surface area contributed by atoms with Gasteiger partial charge in [0.2, 0.25) is 22.0 Å². The molecule has 0 heterocycles. The summed E-state index contributed by atoms with van der Waals surface area (Å²) >= 11 is 1.71. The van der Waals surface area contributed by atoms with Gasteiger partial charge >= 0.3 is 0 Å². The number of hydrogen-bond donors (Lipinski definition) is 2. The van der Waals surface area contributed by atoms with Gasteiger partial charge in [0.05, 0.1) is 11.5 Å². The molecule has 174 valence electrons. The topological polar surface area (TPSA) is 109 Å². The van der Waals surface area contributed by atoms with Crippen LogP contribution in [0.3, 0.4) is 0 Å². The van der Waals surface area contributed by atoms with E-state index in [4.69, 9.17) is 0 Å². The van der Waals surface area contributed by atoms with Crippen LogP contribution < -0.4 is 10.6 Å². The maximum Gasteiger partial charge on any atom is 0.231 e. The second-order valence-corrected chi connectivity index (χ2v) is 9.26. The van der Waals surface area contributed by atoms with Crippen LogP contribution in [0.2, 0.25) is 0 Å². The molecule has 2 N–H and O–H groups in total. The van der Waals surface area contributed by atoms with Crippen molar-refractivity contribution in [1.82, 2.24) is 10.6 Å². The summed E-state index contributed by atoms with van der Waals surface area (Å²) in [5, 5.41) is 4.73. The molecule has 0 bridgehead atoms. The minimum absolute atomic E-state index is 0.0982. The normalized spacial score (nSPS) is 11.5. The lowest BCUT2D eigenvalue weighted by Gasteiger charge is -2.20. The van der Waals surface area contributed by atoms with E-state index in [1.807, 2.05) is 0 Å². The van der Waals surface area contributed by atoms with Gasteiger partial charge in [-0.3, -0.25) is 24.0 Å². The van der Waals surface area contributed by atoms with Crippen LogP contribution in [0, 0.1) is 5.92 Å². The lowest BCUT2D eigenvalue weighted by molar-refractivity contribution is -0.128. The zero-order chi connectivity index (χ0) is 24.2. The fourth-order valence-corrected chi connectivity index (χ4v) is 4.02. The Morgan fingerprint density at radius 1 is 0.727 bits per heavy atom. The molecule has 0 saturated carbocycles. The average Bonchev–Trinajstić information content (AvgIpc) is 2.84. The number of Topliss-reactive ketones (excluding diaryl/α,β-unsaturated/α-hetero) is 1. The van der Waals surface area contributed by atoms with E-state index < -0.39 is 17.9 Å². The van der Waals surface area contributed by atoms with Crippen molar-refractivity contribution >= 4 is 51.4 Å². The Kier molecular flexibility index (Phi) is 10.9. The second kappa shape index (κ2) is 13.6. The van der Waals surface area contributed by atoms with Crippen LogP contribution in [0.1, 0.15) is 34.6 Å². The highest BCUT2D eigenvalue weighted by Gasteiger charge is 2.24. The fourth-order valence-electron chi connectivity index (χ4n) is 2.71. The van der Waals surface area contributed by atoms with Gasteiger partial charge in [-0.05, 0) is 0 Å². The minimum atomic E-state index is -0.927. The summed E-state index contributed by atoms with van der Waals surface area (Å²) in [6, 6.07) is 16.3. The van der Waals surface area contributed by atoms with E-state index in [1.165, 1.54) is 0 Å². The summed E-state index contributed by atoms with van der Waals surface area (Å²) in [4.78, 5) is 61.3. The Hall–Kier alpha value is -2.91. The minimum Gasteiger partial charge on any atom is -0.353 e. The molecule has 2 rings (SSSR count). The van der Waals surface area contributed by atoms with Gasteiger partial charge in [-0.15, -0.1) is 0 Å². The monoisotopic (exact) mass is 486 g/mol. The van der Waals surface area contributed by atoms with Crippen LogP contribution in [0.25, 0.3) is 0 Å². The van der Waals surface area contributed by atoms with Crippen LogP contribution >= 0.6 is 23.5 Å². The summed E-state index contributed by atoms with van der Waals surface area (Å²) in [6.45, 7) is 3.30. The van der Waals surface area contributed by atoms with Gasteiger partial charge < -0.3 is 10.6 Å². The Balaban J connectivity index is 1.83. The highest BCUT2D eigenvalue weighted by Crippen LogP contribution is 2.13. The van der Waals surface area contributed by atoms with Crippen LogP contribution in [-0.4, -0.2) is 51.9 Å². The molecular weight excluding hydrogens is 460 g/mol. The van der Waals surface area contributed by atoms with E-state index in [9.17, 15) is 24.0 Å². The van der Waals surface area contributed by atoms with Crippen molar-refractivity contribution in [1.29, 1.82) is 0 Å². The van der Waals surface area contributed by atoms with E-state index in [0.717, 1.165) is 23.5 Å². The van der Waals surface area contributed by atoms with Crippen molar-refractivity contribution in [2.75, 3.05) is 18.1 Å². The van der Waals surface area contributed by atoms with Crippen LogP contribution in [-0.2, 0) is 14.4 Å². The molecule has 1 atom stereocenters. The van der Waals surface area contributed by atoms with Crippen molar-refractivity contribution < 1.29 is 24.0 Å². The predicted octanol–water partition coefficient (Wildman–Crippen LogP) is 2.96. The molecule has 2 aromatic carbocycles. The number of carbonyl (C=O) groups is 5. The van der Waals surface area contributed by atoms with Crippen molar-refractivity contribution in [2.24, 2.45) is 5.92 Å². The lowest BCUT2D eigenvalue weighted by Crippen LogP contribution is -2.50. The molecule has 2 aromatic rings. The number of carbonyl (C=O) groups excluding carboxylic acids is 5. The molecule has 0 saturated heterocycles. The molecule has 33 heavy (non-hydrogen) atoms. The van der Waals surface area contributed by atoms with Gasteiger partial charge in [0.25, 0.3) is 0 Å². The van der Waals surface area contributed by atoms with E-state index in [0.29, 0.717) is 11.1 Å². The summed E-state index contributed by atoms with van der Waals surface area (Å²) < 4.78 is 0. The third kappa shape index (κ3) is 9.23. The molecule has 0 aromatic heterocycles. The second-order valence-electron chi connectivity index (χ2n) is 7.37. The van der Waals surface area contributed by atoms with Gasteiger partial charge in [-0.25, -0.2) is 0 Å². The Bertz CT molecular complexity index is 981. The molecule has 0 aliphatic rings. The van der Waals surface area contributed by atoms with Gasteiger partial charge in [0.15, 0.2) is 5.78 Å². The molecule has 0 aliphatic heterocycles. The van der Waals surface area contributed by atoms with Crippen molar-refractivity contribution in [3.8, 4) is 0 Å². The average molecular weight is 487 g/mol. The number of hydrogen-bond acceptors (Lipinski definition) is 7. The Labute approximate surface area is 201 Å². The molecule has 0 radical (unpaired) electrons. The molecule has 0 spiro atoms. The number of rotatable bonds is 11. The highest BCUT2D eigenvalue weighted by molar-refractivity contribution is 8.14. The number of ketones is 1. The SMILES string of the molecule is CC(C)C(=O)C(CNC(=O)CSC(=O)c1ccccc1)NC(=O)CSC(=O)c1ccccc1. The fraction of sp³-hybridized carbons (Fsp3) is 0.292. The quantitative estimate of drug-likeness (QED) is 0.503. The first kappa shape index (κ1) is 26.3. The third-order valence-electron chi connectivity index (χ3n) is 4.44. The number of thioether (sulfide) groups is 2. The largest absolute Gasteiger partial charge is 0.353 e. The molecular formula is C24H26N2O5S2. The molecule has 1 unspecified atom stereocenters. The highest BCUT2D eigenvalue weighted by atomic mass is 32.2. The maximum absolute atomic E-state index is 12.5. The van der Waals surface area contributed by atoms with Crippen molar-refractivity contribution in [3.63, 3.8) is 0 Å². The molecule has 0 fully saturated rings. The summed E-state index contributed by atoms with van der Waals surface area (Å²) in [6.07, 6.45) is 0. The zero-order valence-electron chi connectivity index (χ0n) is 18.4. The Morgan fingerprint density at radius 3 is 1.64 bits per heavy atom. The number of nitrogens with one attached hydrogen (secondary N) is 2. The maximum atomic E-state index is 12.5. The van der Waals surface area contributed by atoms with Gasteiger partial charge in [-0.1, -0.05) is 98.0 Å². The van der Waals surface area contributed by atoms with E-state index in [2.05, 4.69) is 10.6 Å².